The Morgan fingerprint density at radius 1 is 0.256 bits per heavy atom. The minimum Gasteiger partial charge on any atom is -0.310 e. The number of fused-ring (bicyclic) bond motifs is 16. The van der Waals surface area contributed by atoms with Crippen LogP contribution in [0.15, 0.2) is 315 Å². The smallest absolute Gasteiger partial charge is 0.0726 e. The highest BCUT2D eigenvalue weighted by Gasteiger charge is 2.53. The summed E-state index contributed by atoms with van der Waals surface area (Å²) in [6.45, 7) is 0. The van der Waals surface area contributed by atoms with E-state index in [-0.39, 0.29) is 0 Å². The van der Waals surface area contributed by atoms with Crippen molar-refractivity contribution in [2.24, 2.45) is 0 Å². The first kappa shape index (κ1) is 46.4. The van der Waals surface area contributed by atoms with E-state index in [0.29, 0.717) is 0 Å². The molecule has 2 nitrogen and oxygen atoms in total. The number of rotatable bonds is 8. The van der Waals surface area contributed by atoms with Gasteiger partial charge in [0.25, 0.3) is 0 Å². The van der Waals surface area contributed by atoms with Gasteiger partial charge in [0.1, 0.15) is 0 Å². The lowest BCUT2D eigenvalue weighted by atomic mass is 9.68. The van der Waals surface area contributed by atoms with E-state index in [4.69, 9.17) is 0 Å². The predicted octanol–water partition coefficient (Wildman–Crippen LogP) is 20.3. The summed E-state index contributed by atoms with van der Waals surface area (Å²) in [6.07, 6.45) is 0. The van der Waals surface area contributed by atoms with Gasteiger partial charge in [-0.25, -0.2) is 0 Å². The van der Waals surface area contributed by atoms with E-state index in [1.54, 1.807) is 0 Å². The maximum absolute atomic E-state index is 2.53. The van der Waals surface area contributed by atoms with E-state index in [1.807, 2.05) is 0 Å². The summed E-state index contributed by atoms with van der Waals surface area (Å²) in [4.78, 5) is 2.53. The molecule has 0 saturated carbocycles. The van der Waals surface area contributed by atoms with E-state index in [2.05, 4.69) is 325 Å². The van der Waals surface area contributed by atoms with Crippen LogP contribution in [0, 0.1) is 0 Å². The van der Waals surface area contributed by atoms with Crippen LogP contribution in [0.1, 0.15) is 44.5 Å². The summed E-state index contributed by atoms with van der Waals surface area (Å²) < 4.78 is 2.38. The Kier molecular flexibility index (Phi) is 10.2. The molecular weight excluding hydrogens is 989 g/mol. The topological polar surface area (TPSA) is 8.17 Å². The first-order valence-corrected chi connectivity index (χ1v) is 28.6. The van der Waals surface area contributed by atoms with Crippen molar-refractivity contribution in [3.63, 3.8) is 0 Å². The van der Waals surface area contributed by atoms with Gasteiger partial charge in [0.15, 0.2) is 0 Å². The molecule has 0 unspecified atom stereocenters. The van der Waals surface area contributed by atoms with Crippen molar-refractivity contribution >= 4 is 38.9 Å². The molecule has 2 heteroatoms. The summed E-state index contributed by atoms with van der Waals surface area (Å²) >= 11 is 0. The van der Waals surface area contributed by atoms with Gasteiger partial charge in [-0.15, -0.1) is 0 Å². The SMILES string of the molecule is c1ccc(-n2c3ccccc3c3cc(-c4ccc(-c5ccc(N(c6ccc7c(c6)-c6ccccc6C7(c6ccccc6)c6ccccc6)c6cccc7c6-c6ccccc6C76c7ccccc7-c7ccccc76)cc5)cc4)ccc32)cc1. The zero-order chi connectivity index (χ0) is 53.9. The minimum absolute atomic E-state index is 0.481. The third-order valence-electron chi connectivity index (χ3n) is 18.3. The Labute approximate surface area is 477 Å². The molecule has 0 atom stereocenters. The van der Waals surface area contributed by atoms with Crippen molar-refractivity contribution < 1.29 is 0 Å². The van der Waals surface area contributed by atoms with Gasteiger partial charge in [-0.2, -0.15) is 0 Å². The van der Waals surface area contributed by atoms with Gasteiger partial charge in [0.05, 0.1) is 27.6 Å². The van der Waals surface area contributed by atoms with Crippen LogP contribution >= 0.6 is 0 Å². The van der Waals surface area contributed by atoms with Crippen LogP contribution in [0.25, 0.3) is 83.1 Å². The summed E-state index contributed by atoms with van der Waals surface area (Å²) in [5, 5.41) is 2.51. The molecular formula is C80H52N2. The molecule has 0 radical (unpaired) electrons. The monoisotopic (exact) mass is 1040 g/mol. The molecule has 82 heavy (non-hydrogen) atoms. The molecule has 382 valence electrons. The van der Waals surface area contributed by atoms with Crippen molar-refractivity contribution in [1.29, 1.82) is 0 Å². The molecule has 17 rings (SSSR count). The Balaban J connectivity index is 0.827. The Hall–Kier alpha value is -10.5. The van der Waals surface area contributed by atoms with Crippen LogP contribution in [0.4, 0.5) is 17.1 Å². The molecule has 0 saturated heterocycles. The van der Waals surface area contributed by atoms with Gasteiger partial charge in [-0.05, 0) is 155 Å². The molecule has 1 heterocycles. The maximum atomic E-state index is 2.53. The molecule has 0 N–H and O–H groups in total. The second-order valence-corrected chi connectivity index (χ2v) is 22.2. The second kappa shape index (κ2) is 18.0. The number of hydrogen-bond acceptors (Lipinski definition) is 1. The predicted molar refractivity (Wildman–Crippen MR) is 340 cm³/mol. The Bertz CT molecular complexity index is 4750. The standard InChI is InChI=1S/C80H52N2/c1-4-21-57(22-5-1)79(58-23-6-2-7-24-58)69-32-15-12-29-64(69)67-52-61(48-49-73(67)79)81(77-38-20-36-74-78(77)66-31-13-18-35-72(66)80(74)70-33-16-10-27-62(70)63-28-11-17-34-71(63)80)60-46-43-54(44-47-60)53-39-41-55(42-40-53)56-45-50-76-68(51-56)65-30-14-19-37-75(65)82(76)59-25-8-3-9-26-59/h1-52H. The highest BCUT2D eigenvalue weighted by molar-refractivity contribution is 6.10. The molecule has 3 aliphatic carbocycles. The molecule has 14 aromatic rings. The van der Waals surface area contributed by atoms with Crippen molar-refractivity contribution in [2.75, 3.05) is 4.90 Å². The van der Waals surface area contributed by atoms with Crippen LogP contribution in [0.5, 0.6) is 0 Å². The third-order valence-corrected chi connectivity index (χ3v) is 18.3. The van der Waals surface area contributed by atoms with E-state index in [9.17, 15) is 0 Å². The summed E-state index contributed by atoms with van der Waals surface area (Å²) in [5.41, 5.74) is 28.7. The number of hydrogen-bond donors (Lipinski definition) is 0. The van der Waals surface area contributed by atoms with E-state index in [1.165, 1.54) is 122 Å². The zero-order valence-electron chi connectivity index (χ0n) is 44.9. The minimum atomic E-state index is -0.507. The Morgan fingerprint density at radius 2 is 0.695 bits per heavy atom. The summed E-state index contributed by atoms with van der Waals surface area (Å²) in [6, 6.07) is 118. The van der Waals surface area contributed by atoms with Crippen LogP contribution in [0.2, 0.25) is 0 Å². The van der Waals surface area contributed by atoms with Gasteiger partial charge in [-0.1, -0.05) is 255 Å². The van der Waals surface area contributed by atoms with E-state index in [0.717, 1.165) is 22.6 Å². The first-order valence-electron chi connectivity index (χ1n) is 28.6. The lowest BCUT2D eigenvalue weighted by Crippen LogP contribution is -2.28. The van der Waals surface area contributed by atoms with Crippen molar-refractivity contribution in [2.45, 2.75) is 10.8 Å². The van der Waals surface area contributed by atoms with Gasteiger partial charge in [0.2, 0.25) is 0 Å². The third kappa shape index (κ3) is 6.46. The molecule has 3 aliphatic rings. The molecule has 0 fully saturated rings. The molecule has 0 amide bonds. The molecule has 0 bridgehead atoms. The van der Waals surface area contributed by atoms with Crippen molar-refractivity contribution in [3.05, 3.63) is 360 Å². The lowest BCUT2D eigenvalue weighted by molar-refractivity contribution is 0.768. The normalized spacial score (nSPS) is 13.6. The van der Waals surface area contributed by atoms with Crippen LogP contribution < -0.4 is 4.90 Å². The summed E-state index contributed by atoms with van der Waals surface area (Å²) in [5.74, 6) is 0. The van der Waals surface area contributed by atoms with E-state index >= 15 is 0 Å². The first-order chi connectivity index (χ1) is 40.7. The average Bonchev–Trinajstić information content (AvgIpc) is 2.78. The molecule has 0 aliphatic heterocycles. The quantitative estimate of drug-likeness (QED) is 0.147. The zero-order valence-corrected chi connectivity index (χ0v) is 44.9. The Morgan fingerprint density at radius 3 is 1.33 bits per heavy atom. The van der Waals surface area contributed by atoms with Crippen molar-refractivity contribution in [1.82, 2.24) is 4.57 Å². The molecule has 13 aromatic carbocycles. The highest BCUT2D eigenvalue weighted by Crippen LogP contribution is 2.65. The number of benzene rings is 13. The largest absolute Gasteiger partial charge is 0.310 e. The number of anilines is 3. The number of aromatic nitrogens is 1. The lowest BCUT2D eigenvalue weighted by Gasteiger charge is -2.34. The van der Waals surface area contributed by atoms with Gasteiger partial charge in [-0.3, -0.25) is 0 Å². The number of nitrogens with zero attached hydrogens (tertiary/aromatic N) is 2. The van der Waals surface area contributed by atoms with E-state index < -0.39 is 10.8 Å². The second-order valence-electron chi connectivity index (χ2n) is 22.2. The fraction of sp³-hybridized carbons (Fsp3) is 0.0250. The maximum Gasteiger partial charge on any atom is 0.0726 e. The average molecular weight is 1040 g/mol. The fourth-order valence-electron chi connectivity index (χ4n) is 15.0. The van der Waals surface area contributed by atoms with Gasteiger partial charge in [0, 0.05) is 33.4 Å². The van der Waals surface area contributed by atoms with Crippen LogP contribution in [-0.2, 0) is 10.8 Å². The molecule has 1 spiro atoms. The van der Waals surface area contributed by atoms with Crippen LogP contribution in [0.3, 0.4) is 0 Å². The fourth-order valence-corrected chi connectivity index (χ4v) is 15.0. The van der Waals surface area contributed by atoms with Gasteiger partial charge < -0.3 is 9.47 Å². The van der Waals surface area contributed by atoms with Crippen molar-refractivity contribution in [3.8, 4) is 61.3 Å². The van der Waals surface area contributed by atoms with Crippen LogP contribution in [-0.4, -0.2) is 4.57 Å². The highest BCUT2D eigenvalue weighted by atomic mass is 15.1. The molecule has 1 aromatic heterocycles. The number of para-hydroxylation sites is 2. The van der Waals surface area contributed by atoms with Gasteiger partial charge >= 0.3 is 0 Å². The summed E-state index contributed by atoms with van der Waals surface area (Å²) in [7, 11) is 0.